The van der Waals surface area contributed by atoms with Crippen LogP contribution in [0.25, 0.3) is 5.76 Å². The number of carbonyl (C=O) groups is 2. The number of carbonyl (C=O) groups excluding carboxylic acids is 2. The lowest BCUT2D eigenvalue weighted by molar-refractivity contribution is -0.140. The maximum Gasteiger partial charge on any atom is 0.295 e. The molecule has 1 aliphatic heterocycles. The Morgan fingerprint density at radius 3 is 2.31 bits per heavy atom. The number of ether oxygens (including phenoxy) is 2. The fourth-order valence-corrected chi connectivity index (χ4v) is 4.22. The minimum atomic E-state index is -0.725. The molecular weight excluding hydrogens is 442 g/mol. The average molecular weight is 472 g/mol. The van der Waals surface area contributed by atoms with Gasteiger partial charge in [-0.15, -0.1) is 0 Å². The highest BCUT2D eigenvalue weighted by Gasteiger charge is 2.46. The molecule has 6 heteroatoms. The molecule has 1 aliphatic rings. The summed E-state index contributed by atoms with van der Waals surface area (Å²) in [6, 6.07) is 22.9. The molecule has 1 amide bonds. The first-order chi connectivity index (χ1) is 16.9. The molecule has 1 saturated heterocycles. The topological polar surface area (TPSA) is 76.1 Å². The maximum absolute atomic E-state index is 13.2. The minimum Gasteiger partial charge on any atom is -0.507 e. The number of likely N-dealkylation sites (tertiary alicyclic amines) is 1. The lowest BCUT2D eigenvalue weighted by atomic mass is 9.95. The fourth-order valence-electron chi connectivity index (χ4n) is 4.22. The number of aliphatic hydroxyl groups excluding tert-OH is 1. The second-order valence-electron chi connectivity index (χ2n) is 8.61. The number of rotatable bonds is 8. The van der Waals surface area contributed by atoms with E-state index in [1.807, 2.05) is 75.4 Å². The molecule has 1 N–H and O–H groups in total. The van der Waals surface area contributed by atoms with E-state index in [0.717, 1.165) is 16.9 Å². The lowest BCUT2D eigenvalue weighted by Crippen LogP contribution is -2.29. The molecule has 1 heterocycles. The highest BCUT2D eigenvalue weighted by molar-refractivity contribution is 6.46. The van der Waals surface area contributed by atoms with Crippen molar-refractivity contribution < 1.29 is 24.2 Å². The first kappa shape index (κ1) is 24.1. The van der Waals surface area contributed by atoms with Crippen LogP contribution in [0.15, 0.2) is 84.4 Å². The molecule has 0 spiro atoms. The molecule has 0 aliphatic carbocycles. The highest BCUT2D eigenvalue weighted by Crippen LogP contribution is 2.40. The Morgan fingerprint density at radius 1 is 0.943 bits per heavy atom. The maximum atomic E-state index is 13.2. The van der Waals surface area contributed by atoms with E-state index >= 15 is 0 Å². The molecule has 0 saturated carbocycles. The zero-order chi connectivity index (χ0) is 24.9. The van der Waals surface area contributed by atoms with E-state index in [2.05, 4.69) is 0 Å². The minimum absolute atomic E-state index is 0.0450. The fraction of sp³-hybridized carbons (Fsp3) is 0.241. The number of aliphatic hydroxyl groups is 1. The Bertz CT molecular complexity index is 1230. The average Bonchev–Trinajstić information content (AvgIpc) is 3.10. The van der Waals surface area contributed by atoms with E-state index in [4.69, 9.17) is 9.47 Å². The van der Waals surface area contributed by atoms with Gasteiger partial charge in [0, 0.05) is 12.1 Å². The summed E-state index contributed by atoms with van der Waals surface area (Å²) in [5.41, 5.74) is 2.08. The van der Waals surface area contributed by atoms with Crippen LogP contribution in [-0.4, -0.2) is 34.4 Å². The number of benzene rings is 3. The number of hydrogen-bond donors (Lipinski definition) is 1. The third kappa shape index (κ3) is 5.22. The van der Waals surface area contributed by atoms with E-state index < -0.39 is 17.7 Å². The summed E-state index contributed by atoms with van der Waals surface area (Å²) in [6.45, 7) is 6.51. The third-order valence-corrected chi connectivity index (χ3v) is 5.72. The van der Waals surface area contributed by atoms with Gasteiger partial charge in [-0.1, -0.05) is 54.6 Å². The number of hydrogen-bond acceptors (Lipinski definition) is 5. The van der Waals surface area contributed by atoms with Gasteiger partial charge < -0.3 is 19.5 Å². The van der Waals surface area contributed by atoms with Crippen LogP contribution in [-0.2, 0) is 16.1 Å². The van der Waals surface area contributed by atoms with Gasteiger partial charge >= 0.3 is 0 Å². The van der Waals surface area contributed by atoms with Crippen LogP contribution in [0.1, 0.15) is 43.5 Å². The summed E-state index contributed by atoms with van der Waals surface area (Å²) in [6.07, 6.45) is -0.0450. The first-order valence-corrected chi connectivity index (χ1v) is 11.7. The second-order valence-corrected chi connectivity index (χ2v) is 8.61. The summed E-state index contributed by atoms with van der Waals surface area (Å²) >= 11 is 0. The van der Waals surface area contributed by atoms with E-state index in [1.54, 1.807) is 24.3 Å². The van der Waals surface area contributed by atoms with Gasteiger partial charge in [-0.3, -0.25) is 9.59 Å². The number of Topliss-reactive ketones (excluding diaryl/α,β-unsaturated/α-hetero) is 1. The second kappa shape index (κ2) is 10.5. The molecule has 0 radical (unpaired) electrons. The number of amides is 1. The largest absolute Gasteiger partial charge is 0.507 e. The Labute approximate surface area is 205 Å². The predicted molar refractivity (Wildman–Crippen MR) is 134 cm³/mol. The van der Waals surface area contributed by atoms with Crippen molar-refractivity contribution in [3.63, 3.8) is 0 Å². The van der Waals surface area contributed by atoms with E-state index in [0.29, 0.717) is 17.9 Å². The Morgan fingerprint density at radius 2 is 1.66 bits per heavy atom. The Kier molecular flexibility index (Phi) is 7.20. The van der Waals surface area contributed by atoms with Crippen LogP contribution in [0.2, 0.25) is 0 Å². The van der Waals surface area contributed by atoms with E-state index in [1.165, 1.54) is 4.90 Å². The van der Waals surface area contributed by atoms with Gasteiger partial charge in [-0.2, -0.15) is 0 Å². The van der Waals surface area contributed by atoms with Crippen LogP contribution in [0.5, 0.6) is 11.5 Å². The van der Waals surface area contributed by atoms with Gasteiger partial charge in [0.2, 0.25) is 0 Å². The molecule has 0 aromatic heterocycles. The number of ketones is 1. The van der Waals surface area contributed by atoms with Gasteiger partial charge in [-0.25, -0.2) is 0 Å². The van der Waals surface area contributed by atoms with Crippen molar-refractivity contribution in [2.75, 3.05) is 6.61 Å². The third-order valence-electron chi connectivity index (χ3n) is 5.72. The van der Waals surface area contributed by atoms with E-state index in [9.17, 15) is 14.7 Å². The molecule has 180 valence electrons. The molecule has 3 aromatic rings. The Balaban J connectivity index is 1.76. The summed E-state index contributed by atoms with van der Waals surface area (Å²) in [5.74, 6) is -0.271. The normalized spacial score (nSPS) is 17.1. The van der Waals surface area contributed by atoms with Crippen LogP contribution >= 0.6 is 0 Å². The zero-order valence-corrected chi connectivity index (χ0v) is 20.1. The van der Waals surface area contributed by atoms with Gasteiger partial charge in [0.25, 0.3) is 11.7 Å². The Hall–Kier alpha value is -4.06. The van der Waals surface area contributed by atoms with Crippen molar-refractivity contribution in [1.29, 1.82) is 0 Å². The molecule has 1 unspecified atom stereocenters. The molecular formula is C29H29NO5. The molecule has 1 fully saturated rings. The quantitative estimate of drug-likeness (QED) is 0.267. The molecule has 6 nitrogen and oxygen atoms in total. The van der Waals surface area contributed by atoms with Crippen molar-refractivity contribution in [3.05, 3.63) is 101 Å². The van der Waals surface area contributed by atoms with Crippen molar-refractivity contribution in [1.82, 2.24) is 4.90 Å². The number of nitrogens with zero attached hydrogens (tertiary/aromatic N) is 1. The van der Waals surface area contributed by atoms with Crippen molar-refractivity contribution in [3.8, 4) is 11.5 Å². The van der Waals surface area contributed by atoms with Crippen LogP contribution < -0.4 is 9.47 Å². The van der Waals surface area contributed by atoms with Crippen LogP contribution in [0.4, 0.5) is 0 Å². The summed E-state index contributed by atoms with van der Waals surface area (Å²) < 4.78 is 11.3. The van der Waals surface area contributed by atoms with Gasteiger partial charge in [0.1, 0.15) is 17.3 Å². The monoisotopic (exact) mass is 471 g/mol. The highest BCUT2D eigenvalue weighted by atomic mass is 16.5. The summed E-state index contributed by atoms with van der Waals surface area (Å²) in [4.78, 5) is 28.0. The summed E-state index contributed by atoms with van der Waals surface area (Å²) in [5, 5.41) is 11.3. The van der Waals surface area contributed by atoms with Crippen molar-refractivity contribution >= 4 is 17.4 Å². The zero-order valence-electron chi connectivity index (χ0n) is 20.1. The van der Waals surface area contributed by atoms with Crippen LogP contribution in [0, 0.1) is 0 Å². The first-order valence-electron chi connectivity index (χ1n) is 11.7. The predicted octanol–water partition coefficient (Wildman–Crippen LogP) is 5.49. The van der Waals surface area contributed by atoms with Crippen LogP contribution in [0.3, 0.4) is 0 Å². The van der Waals surface area contributed by atoms with Crippen molar-refractivity contribution in [2.24, 2.45) is 0 Å². The molecule has 3 aromatic carbocycles. The summed E-state index contributed by atoms with van der Waals surface area (Å²) in [7, 11) is 0. The molecule has 1 atom stereocenters. The SMILES string of the molecule is CCOc1ccc(CN2C(=O)C(=O)/C(=C(\O)c3cccc(OC(C)C)c3)C2c2ccccc2)cc1. The van der Waals surface area contributed by atoms with Gasteiger partial charge in [0.05, 0.1) is 24.3 Å². The van der Waals surface area contributed by atoms with Crippen molar-refractivity contribution in [2.45, 2.75) is 39.5 Å². The van der Waals surface area contributed by atoms with Gasteiger partial charge in [-0.05, 0) is 56.2 Å². The standard InChI is InChI=1S/C29H29NO5/c1-4-34-23-15-13-20(14-16-23)18-30-26(21-9-6-5-7-10-21)25(28(32)29(30)33)27(31)22-11-8-12-24(17-22)35-19(2)3/h5-17,19,26,31H,4,18H2,1-3H3/b27-25-. The van der Waals surface area contributed by atoms with Gasteiger partial charge in [0.15, 0.2) is 0 Å². The molecule has 4 rings (SSSR count). The lowest BCUT2D eigenvalue weighted by Gasteiger charge is -2.25. The van der Waals surface area contributed by atoms with E-state index in [-0.39, 0.29) is 24.0 Å². The molecule has 35 heavy (non-hydrogen) atoms. The molecule has 0 bridgehead atoms. The smallest absolute Gasteiger partial charge is 0.295 e.